The number of benzene rings is 8. The monoisotopic (exact) mass is 1100 g/mol. The molecule has 316 valence electrons. The van der Waals surface area contributed by atoms with Crippen molar-refractivity contribution in [3.63, 3.8) is 0 Å². The van der Waals surface area contributed by atoms with E-state index in [-0.39, 0.29) is 10.8 Å². The van der Waals surface area contributed by atoms with Crippen LogP contribution in [0.15, 0.2) is 249 Å². The van der Waals surface area contributed by atoms with Crippen LogP contribution in [0.5, 0.6) is 0 Å². The van der Waals surface area contributed by atoms with E-state index < -0.39 is 0 Å². The fourth-order valence-electron chi connectivity index (χ4n) is 10.4. The number of halogens is 4. The van der Waals surface area contributed by atoms with Crippen LogP contribution in [0.3, 0.4) is 0 Å². The van der Waals surface area contributed by atoms with Crippen molar-refractivity contribution in [1.82, 2.24) is 9.97 Å². The third kappa shape index (κ3) is 7.00. The fraction of sp³-hybridized carbons (Fsp3) is 0.0333. The van der Waals surface area contributed by atoms with Crippen LogP contribution in [0, 0.1) is 0 Å². The largest absolute Gasteiger partial charge is 0.248 e. The van der Waals surface area contributed by atoms with Gasteiger partial charge in [0, 0.05) is 23.5 Å². The van der Waals surface area contributed by atoms with Gasteiger partial charge in [-0.1, -0.05) is 194 Å². The summed E-state index contributed by atoms with van der Waals surface area (Å²) in [7, 11) is 0. The summed E-state index contributed by atoms with van der Waals surface area (Å²) in [6.45, 7) is 0. The zero-order valence-corrected chi connectivity index (χ0v) is 41.7. The lowest BCUT2D eigenvalue weighted by Crippen LogP contribution is -2.28. The molecule has 0 amide bonds. The molecule has 0 bridgehead atoms. The Balaban J connectivity index is 0.000000146. The number of rotatable bonds is 6. The van der Waals surface area contributed by atoms with Crippen LogP contribution in [0.4, 0.5) is 0 Å². The van der Waals surface area contributed by atoms with E-state index in [1.807, 2.05) is 12.4 Å². The average molecular weight is 1110 g/mol. The Morgan fingerprint density at radius 2 is 0.576 bits per heavy atom. The summed E-state index contributed by atoms with van der Waals surface area (Å²) >= 11 is 14.2. The highest BCUT2D eigenvalue weighted by atomic mass is 79.9. The maximum absolute atomic E-state index is 4.51. The molecule has 8 aromatic carbocycles. The third-order valence-electron chi connectivity index (χ3n) is 13.2. The topological polar surface area (TPSA) is 25.8 Å². The molecule has 0 unspecified atom stereocenters. The van der Waals surface area contributed by atoms with E-state index in [0.29, 0.717) is 0 Å². The number of aromatic nitrogens is 2. The number of hydrogen-bond acceptors (Lipinski definition) is 2. The molecule has 12 rings (SSSR count). The first-order chi connectivity index (χ1) is 32.4. The molecule has 0 saturated carbocycles. The second kappa shape index (κ2) is 17.7. The van der Waals surface area contributed by atoms with Gasteiger partial charge < -0.3 is 0 Å². The summed E-state index contributed by atoms with van der Waals surface area (Å²) in [6.07, 6.45) is 3.84. The first kappa shape index (κ1) is 42.6. The van der Waals surface area contributed by atoms with E-state index in [9.17, 15) is 0 Å². The lowest BCUT2D eigenvalue weighted by molar-refractivity contribution is 0.769. The summed E-state index contributed by atoms with van der Waals surface area (Å²) in [5.74, 6) is 0. The Morgan fingerprint density at radius 3 is 0.909 bits per heavy atom. The van der Waals surface area contributed by atoms with Crippen molar-refractivity contribution in [2.24, 2.45) is 0 Å². The molecule has 2 heterocycles. The number of pyridine rings is 2. The Morgan fingerprint density at radius 1 is 0.273 bits per heavy atom. The first-order valence-electron chi connectivity index (χ1n) is 21.7. The Labute approximate surface area is 419 Å². The molecule has 66 heavy (non-hydrogen) atoms. The van der Waals surface area contributed by atoms with Crippen molar-refractivity contribution < 1.29 is 0 Å². The van der Waals surface area contributed by atoms with Crippen LogP contribution in [-0.2, 0) is 10.8 Å². The van der Waals surface area contributed by atoms with Crippen molar-refractivity contribution in [2.75, 3.05) is 0 Å². The summed E-state index contributed by atoms with van der Waals surface area (Å²) in [4.78, 5) is 9.02. The van der Waals surface area contributed by atoms with E-state index in [0.717, 1.165) is 40.4 Å². The van der Waals surface area contributed by atoms with Gasteiger partial charge >= 0.3 is 0 Å². The van der Waals surface area contributed by atoms with Crippen LogP contribution in [-0.4, -0.2) is 9.97 Å². The highest BCUT2D eigenvalue weighted by Crippen LogP contribution is 2.58. The van der Waals surface area contributed by atoms with Crippen LogP contribution in [0.1, 0.15) is 44.5 Å². The molecule has 10 aromatic rings. The third-order valence-corrected chi connectivity index (χ3v) is 16.7. The SMILES string of the molecule is Brc1cc(-c2ccc3c(c2)C(c2ccccc2)(c2ccccc2)c2ccccc2-3)cnc1Br.Brc1cc(-c2ccc3c(c2)C(c2ccccc2)(c2ccccc2)c2ccccc2-3)cnc1Br. The molecule has 2 nitrogen and oxygen atoms in total. The molecule has 0 N–H and O–H groups in total. The van der Waals surface area contributed by atoms with Gasteiger partial charge in [-0.25, -0.2) is 9.97 Å². The smallest absolute Gasteiger partial charge is 0.120 e. The van der Waals surface area contributed by atoms with Crippen molar-refractivity contribution >= 4 is 63.7 Å². The zero-order chi connectivity index (χ0) is 44.8. The second-order valence-electron chi connectivity index (χ2n) is 16.6. The Hall–Kier alpha value is -6.02. The number of fused-ring (bicyclic) bond motifs is 6. The maximum Gasteiger partial charge on any atom is 0.120 e. The molecule has 0 aliphatic heterocycles. The molecule has 0 radical (unpaired) electrons. The first-order valence-corrected chi connectivity index (χ1v) is 24.9. The summed E-state index contributed by atoms with van der Waals surface area (Å²) < 4.78 is 3.51. The number of hydrogen-bond donors (Lipinski definition) is 0. The van der Waals surface area contributed by atoms with Gasteiger partial charge in [-0.2, -0.15) is 0 Å². The van der Waals surface area contributed by atoms with E-state index >= 15 is 0 Å². The predicted molar refractivity (Wildman–Crippen MR) is 285 cm³/mol. The van der Waals surface area contributed by atoms with E-state index in [2.05, 4.69) is 292 Å². The van der Waals surface area contributed by atoms with Gasteiger partial charge in [0.05, 0.1) is 19.8 Å². The average Bonchev–Trinajstić information content (AvgIpc) is 3.85. The highest BCUT2D eigenvalue weighted by Gasteiger charge is 2.47. The summed E-state index contributed by atoms with van der Waals surface area (Å²) in [5.41, 5.74) is 19.2. The molecular formula is C60H38Br4N2. The van der Waals surface area contributed by atoms with E-state index in [4.69, 9.17) is 0 Å². The lowest BCUT2D eigenvalue weighted by atomic mass is 9.67. The summed E-state index contributed by atoms with van der Waals surface area (Å²) in [5, 5.41) is 0. The maximum atomic E-state index is 4.51. The summed E-state index contributed by atoms with van der Waals surface area (Å²) in [6, 6.07) is 79.0. The van der Waals surface area contributed by atoms with Crippen molar-refractivity contribution in [3.8, 4) is 44.5 Å². The van der Waals surface area contributed by atoms with Gasteiger partial charge in [0.1, 0.15) is 9.21 Å². The van der Waals surface area contributed by atoms with Gasteiger partial charge in [-0.3, -0.25) is 0 Å². The Kier molecular flexibility index (Phi) is 11.4. The molecule has 2 aliphatic carbocycles. The van der Waals surface area contributed by atoms with Crippen LogP contribution < -0.4 is 0 Å². The minimum atomic E-state index is -0.384. The van der Waals surface area contributed by atoms with Gasteiger partial charge in [0.25, 0.3) is 0 Å². The molecule has 0 fully saturated rings. The quantitative estimate of drug-likeness (QED) is 0.155. The van der Waals surface area contributed by atoms with Gasteiger partial charge in [0.2, 0.25) is 0 Å². The molecule has 2 aliphatic rings. The van der Waals surface area contributed by atoms with Gasteiger partial charge in [-0.05, 0) is 166 Å². The Bertz CT molecular complexity index is 3100. The normalized spacial score (nSPS) is 13.4. The van der Waals surface area contributed by atoms with Crippen LogP contribution >= 0.6 is 63.7 Å². The minimum absolute atomic E-state index is 0.384. The van der Waals surface area contributed by atoms with Crippen LogP contribution in [0.2, 0.25) is 0 Å². The van der Waals surface area contributed by atoms with E-state index in [1.54, 1.807) is 0 Å². The minimum Gasteiger partial charge on any atom is -0.248 e. The van der Waals surface area contributed by atoms with Gasteiger partial charge in [-0.15, -0.1) is 0 Å². The van der Waals surface area contributed by atoms with Crippen molar-refractivity contribution in [1.29, 1.82) is 0 Å². The fourth-order valence-corrected chi connectivity index (χ4v) is 11.5. The molecular weight excluding hydrogens is 1070 g/mol. The molecule has 0 saturated heterocycles. The zero-order valence-electron chi connectivity index (χ0n) is 35.3. The lowest BCUT2D eigenvalue weighted by Gasteiger charge is -2.34. The van der Waals surface area contributed by atoms with Crippen LogP contribution in [0.25, 0.3) is 44.5 Å². The molecule has 0 atom stereocenters. The molecule has 6 heteroatoms. The standard InChI is InChI=1S/2C30H19Br2N/c2*31-28-18-21(19-33-29(28)32)20-15-16-25-24-13-7-8-14-26(24)30(27(25)17-20,22-9-3-1-4-10-22)23-11-5-2-6-12-23/h2*1-19H. The number of nitrogens with zero attached hydrogens (tertiary/aromatic N) is 2. The van der Waals surface area contributed by atoms with Crippen molar-refractivity contribution in [3.05, 3.63) is 293 Å². The van der Waals surface area contributed by atoms with Gasteiger partial charge in [0.15, 0.2) is 0 Å². The molecule has 2 aromatic heterocycles. The highest BCUT2D eigenvalue weighted by molar-refractivity contribution is 9.13. The second-order valence-corrected chi connectivity index (χ2v) is 19.8. The molecule has 0 spiro atoms. The van der Waals surface area contributed by atoms with Crippen molar-refractivity contribution in [2.45, 2.75) is 10.8 Å². The van der Waals surface area contributed by atoms with E-state index in [1.165, 1.54) is 66.8 Å². The predicted octanol–water partition coefficient (Wildman–Crippen LogP) is 17.3.